The molecule has 102 valence electrons. The Bertz CT molecular complexity index is 318. The van der Waals surface area contributed by atoms with Crippen molar-refractivity contribution >= 4 is 10.2 Å². The van der Waals surface area contributed by atoms with E-state index in [9.17, 15) is 8.42 Å². The molecule has 6 heteroatoms. The standard InChI is InChI=1S/C11H25N3O2S/c1-3-11(2,10-12)13-17(15,16)14-8-6-4-5-7-9-14/h13H,3-10,12H2,1-2H3. The van der Waals surface area contributed by atoms with Gasteiger partial charge in [-0.3, -0.25) is 0 Å². The van der Waals surface area contributed by atoms with Gasteiger partial charge in [0, 0.05) is 25.2 Å². The van der Waals surface area contributed by atoms with Crippen LogP contribution in [0.4, 0.5) is 0 Å². The lowest BCUT2D eigenvalue weighted by molar-refractivity contribution is 0.366. The van der Waals surface area contributed by atoms with Gasteiger partial charge in [0.1, 0.15) is 0 Å². The Morgan fingerprint density at radius 1 is 1.24 bits per heavy atom. The molecule has 0 spiro atoms. The summed E-state index contributed by atoms with van der Waals surface area (Å²) in [6, 6.07) is 0. The third kappa shape index (κ3) is 4.21. The average molecular weight is 263 g/mol. The molecule has 0 aromatic rings. The molecule has 1 atom stereocenters. The van der Waals surface area contributed by atoms with Crippen molar-refractivity contribution in [2.45, 2.75) is 51.5 Å². The van der Waals surface area contributed by atoms with E-state index >= 15 is 0 Å². The van der Waals surface area contributed by atoms with Gasteiger partial charge in [-0.25, -0.2) is 0 Å². The largest absolute Gasteiger partial charge is 0.329 e. The monoisotopic (exact) mass is 263 g/mol. The lowest BCUT2D eigenvalue weighted by Gasteiger charge is -2.31. The maximum absolute atomic E-state index is 12.2. The van der Waals surface area contributed by atoms with Crippen LogP contribution < -0.4 is 10.5 Å². The van der Waals surface area contributed by atoms with E-state index in [-0.39, 0.29) is 0 Å². The number of nitrogens with two attached hydrogens (primary N) is 1. The van der Waals surface area contributed by atoms with Gasteiger partial charge in [0.2, 0.25) is 0 Å². The minimum Gasteiger partial charge on any atom is -0.329 e. The van der Waals surface area contributed by atoms with Gasteiger partial charge < -0.3 is 5.73 Å². The van der Waals surface area contributed by atoms with Crippen LogP contribution in [0.1, 0.15) is 46.0 Å². The summed E-state index contributed by atoms with van der Waals surface area (Å²) >= 11 is 0. The second kappa shape index (κ2) is 6.13. The minimum absolute atomic E-state index is 0.316. The Hall–Kier alpha value is -0.170. The molecule has 3 N–H and O–H groups in total. The summed E-state index contributed by atoms with van der Waals surface area (Å²) in [5, 5.41) is 0. The van der Waals surface area contributed by atoms with Crippen LogP contribution in [-0.2, 0) is 10.2 Å². The van der Waals surface area contributed by atoms with Gasteiger partial charge in [-0.15, -0.1) is 0 Å². The average Bonchev–Trinajstić information content (AvgIpc) is 2.57. The van der Waals surface area contributed by atoms with Gasteiger partial charge in [-0.1, -0.05) is 19.8 Å². The fourth-order valence-electron chi connectivity index (χ4n) is 1.92. The molecule has 1 fully saturated rings. The van der Waals surface area contributed by atoms with Crippen LogP contribution >= 0.6 is 0 Å². The van der Waals surface area contributed by atoms with Crippen LogP contribution in [0.3, 0.4) is 0 Å². The maximum atomic E-state index is 12.2. The first-order chi connectivity index (χ1) is 7.93. The summed E-state index contributed by atoms with van der Waals surface area (Å²) < 4.78 is 28.8. The highest BCUT2D eigenvalue weighted by Gasteiger charge is 2.31. The molecule has 17 heavy (non-hydrogen) atoms. The van der Waals surface area contributed by atoms with Crippen molar-refractivity contribution in [3.8, 4) is 0 Å². The first kappa shape index (κ1) is 14.9. The highest BCUT2D eigenvalue weighted by Crippen LogP contribution is 2.15. The Morgan fingerprint density at radius 3 is 2.18 bits per heavy atom. The molecule has 1 saturated heterocycles. The molecule has 5 nitrogen and oxygen atoms in total. The Morgan fingerprint density at radius 2 is 1.76 bits per heavy atom. The Labute approximate surface area is 105 Å². The zero-order chi connectivity index (χ0) is 12.9. The van der Waals surface area contributed by atoms with Crippen molar-refractivity contribution in [1.82, 2.24) is 9.03 Å². The molecule has 0 aromatic carbocycles. The quantitative estimate of drug-likeness (QED) is 0.771. The summed E-state index contributed by atoms with van der Waals surface area (Å²) in [5.74, 6) is 0. The van der Waals surface area contributed by atoms with Crippen molar-refractivity contribution < 1.29 is 8.42 Å². The van der Waals surface area contributed by atoms with Crippen molar-refractivity contribution in [3.05, 3.63) is 0 Å². The molecule has 1 unspecified atom stereocenters. The Kier molecular flexibility index (Phi) is 5.37. The van der Waals surface area contributed by atoms with Crippen molar-refractivity contribution in [3.63, 3.8) is 0 Å². The highest BCUT2D eigenvalue weighted by molar-refractivity contribution is 7.87. The lowest BCUT2D eigenvalue weighted by Crippen LogP contribution is -2.55. The molecule has 0 amide bonds. The topological polar surface area (TPSA) is 75.4 Å². The third-order valence-electron chi connectivity index (χ3n) is 3.51. The summed E-state index contributed by atoms with van der Waals surface area (Å²) in [4.78, 5) is 0. The number of hydrogen-bond acceptors (Lipinski definition) is 3. The molecule has 0 aromatic heterocycles. The zero-order valence-corrected chi connectivity index (χ0v) is 11.7. The maximum Gasteiger partial charge on any atom is 0.279 e. The zero-order valence-electron chi connectivity index (χ0n) is 10.9. The van der Waals surface area contributed by atoms with Crippen LogP contribution in [0.25, 0.3) is 0 Å². The normalized spacial score (nSPS) is 23.0. The molecule has 0 radical (unpaired) electrons. The van der Waals surface area contributed by atoms with E-state index in [0.717, 1.165) is 25.7 Å². The second-order valence-electron chi connectivity index (χ2n) is 5.04. The Balaban J connectivity index is 2.72. The van der Waals surface area contributed by atoms with E-state index in [1.165, 1.54) is 0 Å². The fourth-order valence-corrected chi connectivity index (χ4v) is 3.63. The SMILES string of the molecule is CCC(C)(CN)NS(=O)(=O)N1CCCCCC1. The van der Waals surface area contributed by atoms with Gasteiger partial charge in [0.15, 0.2) is 0 Å². The first-order valence-corrected chi connectivity index (χ1v) is 7.87. The van der Waals surface area contributed by atoms with Gasteiger partial charge in [-0.2, -0.15) is 17.4 Å². The van der Waals surface area contributed by atoms with E-state index in [0.29, 0.717) is 26.1 Å². The molecular formula is C11H25N3O2S. The molecule has 0 aliphatic carbocycles. The van der Waals surface area contributed by atoms with Crippen molar-refractivity contribution in [2.24, 2.45) is 5.73 Å². The second-order valence-corrected chi connectivity index (χ2v) is 6.71. The summed E-state index contributed by atoms with van der Waals surface area (Å²) in [5.41, 5.74) is 5.10. The van der Waals surface area contributed by atoms with Gasteiger partial charge in [0.25, 0.3) is 10.2 Å². The molecule has 1 heterocycles. The van der Waals surface area contributed by atoms with E-state index in [4.69, 9.17) is 5.73 Å². The third-order valence-corrected chi connectivity index (χ3v) is 5.31. The molecule has 1 aliphatic rings. The highest BCUT2D eigenvalue weighted by atomic mass is 32.2. The number of hydrogen-bond donors (Lipinski definition) is 2. The molecule has 0 saturated carbocycles. The summed E-state index contributed by atoms with van der Waals surface area (Å²) in [7, 11) is -3.39. The van der Waals surface area contributed by atoms with Crippen LogP contribution in [0.15, 0.2) is 0 Å². The van der Waals surface area contributed by atoms with E-state index in [1.807, 2.05) is 13.8 Å². The molecule has 1 rings (SSSR count). The molecule has 1 aliphatic heterocycles. The first-order valence-electron chi connectivity index (χ1n) is 6.42. The molecular weight excluding hydrogens is 238 g/mol. The van der Waals surface area contributed by atoms with Crippen LogP contribution in [0, 0.1) is 0 Å². The van der Waals surface area contributed by atoms with E-state index < -0.39 is 15.7 Å². The van der Waals surface area contributed by atoms with Crippen LogP contribution in [0.5, 0.6) is 0 Å². The molecule has 0 bridgehead atoms. The summed E-state index contributed by atoms with van der Waals surface area (Å²) in [6.45, 7) is 5.36. The van der Waals surface area contributed by atoms with Gasteiger partial charge in [0.05, 0.1) is 0 Å². The van der Waals surface area contributed by atoms with Gasteiger partial charge >= 0.3 is 0 Å². The van der Waals surface area contributed by atoms with Gasteiger partial charge in [-0.05, 0) is 26.2 Å². The van der Waals surface area contributed by atoms with E-state index in [2.05, 4.69) is 4.72 Å². The summed E-state index contributed by atoms with van der Waals surface area (Å²) in [6.07, 6.45) is 4.83. The lowest BCUT2D eigenvalue weighted by atomic mass is 10.0. The smallest absolute Gasteiger partial charge is 0.279 e. The minimum atomic E-state index is -3.39. The van der Waals surface area contributed by atoms with Crippen LogP contribution in [0.2, 0.25) is 0 Å². The van der Waals surface area contributed by atoms with E-state index in [1.54, 1.807) is 4.31 Å². The predicted octanol–water partition coefficient (Wildman–Crippen LogP) is 0.824. The van der Waals surface area contributed by atoms with Crippen molar-refractivity contribution in [1.29, 1.82) is 0 Å². The fraction of sp³-hybridized carbons (Fsp3) is 1.00. The number of nitrogens with zero attached hydrogens (tertiary/aromatic N) is 1. The van der Waals surface area contributed by atoms with Crippen molar-refractivity contribution in [2.75, 3.05) is 19.6 Å². The number of rotatable bonds is 5. The number of nitrogens with one attached hydrogen (secondary N) is 1. The van der Waals surface area contributed by atoms with Crippen LogP contribution in [-0.4, -0.2) is 37.9 Å². The predicted molar refractivity (Wildman–Crippen MR) is 69.8 cm³/mol.